The van der Waals surface area contributed by atoms with Crippen LogP contribution >= 0.6 is 0 Å². The molecule has 0 saturated heterocycles. The van der Waals surface area contributed by atoms with Crippen LogP contribution in [0.5, 0.6) is 11.5 Å². The summed E-state index contributed by atoms with van der Waals surface area (Å²) in [6.07, 6.45) is 3.90. The highest BCUT2D eigenvalue weighted by atomic mass is 16.3. The lowest BCUT2D eigenvalue weighted by Crippen LogP contribution is -2.38. The normalized spacial score (nSPS) is 19.6. The highest BCUT2D eigenvalue weighted by Crippen LogP contribution is 2.35. The van der Waals surface area contributed by atoms with Gasteiger partial charge in [-0.1, -0.05) is 12.5 Å². The molecule has 94 valence electrons. The molecule has 0 aliphatic heterocycles. The predicted molar refractivity (Wildman–Crippen MR) is 68.1 cm³/mol. The van der Waals surface area contributed by atoms with Crippen molar-refractivity contribution < 1.29 is 10.2 Å². The van der Waals surface area contributed by atoms with Crippen molar-refractivity contribution in [3.63, 3.8) is 0 Å². The van der Waals surface area contributed by atoms with E-state index in [-0.39, 0.29) is 17.5 Å². The molecular formula is C14H21NO2. The molecule has 1 aliphatic rings. The van der Waals surface area contributed by atoms with E-state index >= 15 is 0 Å². The zero-order valence-electron chi connectivity index (χ0n) is 10.5. The first-order valence-electron chi connectivity index (χ1n) is 6.36. The van der Waals surface area contributed by atoms with E-state index in [1.165, 1.54) is 19.3 Å². The summed E-state index contributed by atoms with van der Waals surface area (Å²) in [5.74, 6) is 1.06. The zero-order chi connectivity index (χ0) is 12.4. The summed E-state index contributed by atoms with van der Waals surface area (Å²) in [5, 5.41) is 23.0. The minimum Gasteiger partial charge on any atom is -0.507 e. The predicted octanol–water partition coefficient (Wildman–Crippen LogP) is 2.94. The largest absolute Gasteiger partial charge is 0.507 e. The van der Waals surface area contributed by atoms with E-state index in [1.54, 1.807) is 18.2 Å². The molecule has 1 saturated carbocycles. The fourth-order valence-electron chi connectivity index (χ4n) is 2.54. The second-order valence-electron chi connectivity index (χ2n) is 5.08. The van der Waals surface area contributed by atoms with Gasteiger partial charge in [0.2, 0.25) is 0 Å². The van der Waals surface area contributed by atoms with Crippen LogP contribution in [0.3, 0.4) is 0 Å². The number of aromatic hydroxyl groups is 2. The van der Waals surface area contributed by atoms with Gasteiger partial charge in [-0.3, -0.25) is 0 Å². The molecule has 17 heavy (non-hydrogen) atoms. The number of rotatable bonds is 4. The van der Waals surface area contributed by atoms with Crippen molar-refractivity contribution in [1.29, 1.82) is 0 Å². The zero-order valence-corrected chi connectivity index (χ0v) is 10.5. The van der Waals surface area contributed by atoms with Crippen LogP contribution in [-0.2, 0) is 0 Å². The SMILES string of the molecule is CC(NC(C)C1CCC1)c1c(O)cccc1O. The van der Waals surface area contributed by atoms with Crippen LogP contribution in [0.1, 0.15) is 44.7 Å². The lowest BCUT2D eigenvalue weighted by molar-refractivity contribution is 0.228. The van der Waals surface area contributed by atoms with E-state index in [9.17, 15) is 10.2 Å². The number of benzene rings is 1. The summed E-state index contributed by atoms with van der Waals surface area (Å²) in [7, 11) is 0. The molecule has 2 unspecified atom stereocenters. The summed E-state index contributed by atoms with van der Waals surface area (Å²) in [5.41, 5.74) is 0.596. The van der Waals surface area contributed by atoms with Crippen molar-refractivity contribution in [2.45, 2.75) is 45.2 Å². The molecule has 0 bridgehead atoms. The molecule has 0 aromatic heterocycles. The maximum Gasteiger partial charge on any atom is 0.124 e. The highest BCUT2D eigenvalue weighted by molar-refractivity contribution is 5.44. The Kier molecular flexibility index (Phi) is 3.57. The quantitative estimate of drug-likeness (QED) is 0.752. The van der Waals surface area contributed by atoms with E-state index in [4.69, 9.17) is 0 Å². The number of nitrogens with one attached hydrogen (secondary N) is 1. The Balaban J connectivity index is 2.05. The summed E-state index contributed by atoms with van der Waals surface area (Å²) < 4.78 is 0. The number of hydrogen-bond donors (Lipinski definition) is 3. The maximum atomic E-state index is 9.78. The van der Waals surface area contributed by atoms with Gasteiger partial charge in [0.25, 0.3) is 0 Å². The van der Waals surface area contributed by atoms with Gasteiger partial charge in [0, 0.05) is 12.1 Å². The van der Waals surface area contributed by atoms with Crippen molar-refractivity contribution >= 4 is 0 Å². The lowest BCUT2D eigenvalue weighted by Gasteiger charge is -2.34. The molecule has 1 aromatic rings. The standard InChI is InChI=1S/C14H21NO2/c1-9(11-5-3-6-11)15-10(2)14-12(16)7-4-8-13(14)17/h4,7-11,15-17H,3,5-6H2,1-2H3. The van der Waals surface area contributed by atoms with Gasteiger partial charge < -0.3 is 15.5 Å². The van der Waals surface area contributed by atoms with Crippen LogP contribution in [-0.4, -0.2) is 16.3 Å². The van der Waals surface area contributed by atoms with Gasteiger partial charge in [0.05, 0.1) is 5.56 Å². The van der Waals surface area contributed by atoms with Crippen LogP contribution in [0.4, 0.5) is 0 Å². The maximum absolute atomic E-state index is 9.78. The molecule has 2 atom stereocenters. The molecule has 0 heterocycles. The molecule has 0 spiro atoms. The Morgan fingerprint density at radius 2 is 1.76 bits per heavy atom. The fraction of sp³-hybridized carbons (Fsp3) is 0.571. The van der Waals surface area contributed by atoms with Crippen LogP contribution < -0.4 is 5.32 Å². The first-order valence-corrected chi connectivity index (χ1v) is 6.36. The van der Waals surface area contributed by atoms with E-state index < -0.39 is 0 Å². The Morgan fingerprint density at radius 1 is 1.18 bits per heavy atom. The average Bonchev–Trinajstić information content (AvgIpc) is 2.13. The molecule has 3 heteroatoms. The minimum absolute atomic E-state index is 0.0354. The van der Waals surface area contributed by atoms with Crippen molar-refractivity contribution in [2.24, 2.45) is 5.92 Å². The first-order chi connectivity index (χ1) is 8.09. The van der Waals surface area contributed by atoms with Gasteiger partial charge in [-0.25, -0.2) is 0 Å². The van der Waals surface area contributed by atoms with Crippen LogP contribution in [0.15, 0.2) is 18.2 Å². The Morgan fingerprint density at radius 3 is 2.24 bits per heavy atom. The van der Waals surface area contributed by atoms with Crippen LogP contribution in [0, 0.1) is 5.92 Å². The monoisotopic (exact) mass is 235 g/mol. The summed E-state index contributed by atoms with van der Waals surface area (Å²) in [6, 6.07) is 5.27. The van der Waals surface area contributed by atoms with E-state index in [2.05, 4.69) is 12.2 Å². The van der Waals surface area contributed by atoms with Gasteiger partial charge in [0.15, 0.2) is 0 Å². The first kappa shape index (κ1) is 12.2. The molecule has 0 amide bonds. The smallest absolute Gasteiger partial charge is 0.124 e. The van der Waals surface area contributed by atoms with E-state index in [0.717, 1.165) is 5.92 Å². The van der Waals surface area contributed by atoms with Gasteiger partial charge in [-0.05, 0) is 44.7 Å². The molecule has 3 N–H and O–H groups in total. The topological polar surface area (TPSA) is 52.5 Å². The van der Waals surface area contributed by atoms with Crippen molar-refractivity contribution in [3.05, 3.63) is 23.8 Å². The van der Waals surface area contributed by atoms with Gasteiger partial charge in [-0.2, -0.15) is 0 Å². The van der Waals surface area contributed by atoms with Crippen LogP contribution in [0.25, 0.3) is 0 Å². The Hall–Kier alpha value is -1.22. The summed E-state index contributed by atoms with van der Waals surface area (Å²) in [4.78, 5) is 0. The van der Waals surface area contributed by atoms with Gasteiger partial charge in [-0.15, -0.1) is 0 Å². The van der Waals surface area contributed by atoms with Crippen molar-refractivity contribution in [2.75, 3.05) is 0 Å². The third-order valence-corrected chi connectivity index (χ3v) is 3.86. The third kappa shape index (κ3) is 2.55. The summed E-state index contributed by atoms with van der Waals surface area (Å²) in [6.45, 7) is 4.15. The van der Waals surface area contributed by atoms with Crippen molar-refractivity contribution in [3.8, 4) is 11.5 Å². The molecule has 1 fully saturated rings. The average molecular weight is 235 g/mol. The number of hydrogen-bond acceptors (Lipinski definition) is 3. The molecule has 1 aromatic carbocycles. The van der Waals surface area contributed by atoms with Crippen LogP contribution in [0.2, 0.25) is 0 Å². The molecule has 1 aliphatic carbocycles. The highest BCUT2D eigenvalue weighted by Gasteiger charge is 2.26. The number of phenolic OH excluding ortho intramolecular Hbond substituents is 2. The minimum atomic E-state index is -0.0354. The molecular weight excluding hydrogens is 214 g/mol. The molecule has 2 rings (SSSR count). The second kappa shape index (κ2) is 4.96. The molecule has 0 radical (unpaired) electrons. The second-order valence-corrected chi connectivity index (χ2v) is 5.08. The van der Waals surface area contributed by atoms with E-state index in [0.29, 0.717) is 11.6 Å². The number of phenols is 2. The van der Waals surface area contributed by atoms with Gasteiger partial charge >= 0.3 is 0 Å². The molecule has 3 nitrogen and oxygen atoms in total. The Labute approximate surface area is 102 Å². The van der Waals surface area contributed by atoms with E-state index in [1.807, 2.05) is 6.92 Å². The van der Waals surface area contributed by atoms with Crippen molar-refractivity contribution in [1.82, 2.24) is 5.32 Å². The fourth-order valence-corrected chi connectivity index (χ4v) is 2.54. The Bertz CT molecular complexity index is 368. The van der Waals surface area contributed by atoms with Gasteiger partial charge in [0.1, 0.15) is 11.5 Å². The lowest BCUT2D eigenvalue weighted by atomic mass is 9.80. The summed E-state index contributed by atoms with van der Waals surface area (Å²) >= 11 is 0. The third-order valence-electron chi connectivity index (χ3n) is 3.86.